The summed E-state index contributed by atoms with van der Waals surface area (Å²) in [5.41, 5.74) is 0.980. The minimum absolute atomic E-state index is 0.0113. The van der Waals surface area contributed by atoms with E-state index in [0.29, 0.717) is 0 Å². The van der Waals surface area contributed by atoms with Crippen LogP contribution in [0.4, 0.5) is 0 Å². The Kier molecular flexibility index (Phi) is 2.11. The molecule has 3 nitrogen and oxygen atoms in total. The second kappa shape index (κ2) is 3.63. The van der Waals surface area contributed by atoms with E-state index in [4.69, 9.17) is 9.84 Å². The third-order valence-electron chi connectivity index (χ3n) is 2.87. The topological polar surface area (TPSA) is 46.5 Å². The quantitative estimate of drug-likeness (QED) is 0.761. The summed E-state index contributed by atoms with van der Waals surface area (Å²) in [6.07, 6.45) is 6.96. The van der Waals surface area contributed by atoms with Gasteiger partial charge in [0.15, 0.2) is 0 Å². The van der Waals surface area contributed by atoms with Gasteiger partial charge in [-0.05, 0) is 34.2 Å². The van der Waals surface area contributed by atoms with E-state index in [2.05, 4.69) is 0 Å². The van der Waals surface area contributed by atoms with Gasteiger partial charge in [0.05, 0.1) is 0 Å². The molecule has 3 heteroatoms. The molecule has 1 aromatic carbocycles. The maximum Gasteiger partial charge on any atom is 0.371 e. The van der Waals surface area contributed by atoms with Crippen LogP contribution in [-0.4, -0.2) is 17.2 Å². The summed E-state index contributed by atoms with van der Waals surface area (Å²) in [5.74, 6) is -1.05. The van der Waals surface area contributed by atoms with Gasteiger partial charge in [-0.3, -0.25) is 0 Å². The molecule has 1 aromatic rings. The zero-order chi connectivity index (χ0) is 11.8. The Bertz CT molecular complexity index is 665. The van der Waals surface area contributed by atoms with Crippen LogP contribution in [0.2, 0.25) is 0 Å². The van der Waals surface area contributed by atoms with Gasteiger partial charge in [0.2, 0.25) is 5.76 Å². The Balaban J connectivity index is 2.13. The number of carboxylic acids is 1. The number of fused-ring (bicyclic) bond motifs is 2. The summed E-state index contributed by atoms with van der Waals surface area (Å²) < 4.78 is 5.42. The minimum atomic E-state index is -1.03. The molecule has 1 unspecified atom stereocenters. The standard InChI is InChI=1S/C14H10O3/c15-14(16)12-6-5-11-7-9-3-1-2-4-10(9)8-13(11)17-12/h1-8,13H,(H,15,16). The van der Waals surface area contributed by atoms with Crippen molar-refractivity contribution in [3.8, 4) is 0 Å². The number of ether oxygens (including phenoxy) is 1. The van der Waals surface area contributed by atoms with Crippen LogP contribution in [0.25, 0.3) is 12.2 Å². The summed E-state index contributed by atoms with van der Waals surface area (Å²) in [7, 11) is 0. The number of rotatable bonds is 1. The zero-order valence-electron chi connectivity index (χ0n) is 8.96. The van der Waals surface area contributed by atoms with Crippen LogP contribution in [0.1, 0.15) is 0 Å². The third-order valence-corrected chi connectivity index (χ3v) is 2.87. The first-order valence-electron chi connectivity index (χ1n) is 5.34. The Labute approximate surface area is 97.7 Å². The molecule has 0 saturated heterocycles. The first-order chi connectivity index (χ1) is 8.24. The van der Waals surface area contributed by atoms with Crippen LogP contribution in [-0.2, 0) is 9.53 Å². The number of allylic oxidation sites excluding steroid dienone is 2. The maximum absolute atomic E-state index is 10.8. The van der Waals surface area contributed by atoms with Crippen LogP contribution >= 0.6 is 0 Å². The Hall–Kier alpha value is -2.29. The van der Waals surface area contributed by atoms with Gasteiger partial charge in [0.25, 0.3) is 0 Å². The predicted molar refractivity (Wildman–Crippen MR) is 63.3 cm³/mol. The average Bonchev–Trinajstić information content (AvgIpc) is 2.35. The number of carboxylic acid groups (broad SMARTS) is 1. The molecule has 1 atom stereocenters. The fourth-order valence-corrected chi connectivity index (χ4v) is 2.03. The molecule has 17 heavy (non-hydrogen) atoms. The molecule has 1 aliphatic heterocycles. The lowest BCUT2D eigenvalue weighted by atomic mass is 9.98. The normalized spacial score (nSPS) is 20.6. The molecule has 0 spiro atoms. The SMILES string of the molecule is O=C(O)C1=CC=C2C=c3ccccc3=CC2O1. The van der Waals surface area contributed by atoms with Crippen molar-refractivity contribution < 1.29 is 14.6 Å². The van der Waals surface area contributed by atoms with Crippen LogP contribution in [0.5, 0.6) is 0 Å². The largest absolute Gasteiger partial charge is 0.475 e. The van der Waals surface area contributed by atoms with Gasteiger partial charge in [0, 0.05) is 0 Å². The van der Waals surface area contributed by atoms with Crippen molar-refractivity contribution in [1.82, 2.24) is 0 Å². The van der Waals surface area contributed by atoms with Crippen molar-refractivity contribution in [1.29, 1.82) is 0 Å². The highest BCUT2D eigenvalue weighted by Gasteiger charge is 2.22. The Morgan fingerprint density at radius 2 is 1.94 bits per heavy atom. The molecule has 1 aliphatic carbocycles. The first-order valence-corrected chi connectivity index (χ1v) is 5.34. The van der Waals surface area contributed by atoms with Crippen molar-refractivity contribution >= 4 is 18.1 Å². The van der Waals surface area contributed by atoms with E-state index in [1.165, 1.54) is 6.08 Å². The molecular weight excluding hydrogens is 216 g/mol. The average molecular weight is 226 g/mol. The summed E-state index contributed by atoms with van der Waals surface area (Å²) in [5, 5.41) is 11.1. The molecule has 1 N–H and O–H groups in total. The van der Waals surface area contributed by atoms with E-state index >= 15 is 0 Å². The van der Waals surface area contributed by atoms with E-state index in [0.717, 1.165) is 16.0 Å². The highest BCUT2D eigenvalue weighted by molar-refractivity contribution is 5.85. The molecule has 0 bridgehead atoms. The van der Waals surface area contributed by atoms with Crippen molar-refractivity contribution in [3.63, 3.8) is 0 Å². The van der Waals surface area contributed by atoms with Gasteiger partial charge in [-0.1, -0.05) is 30.3 Å². The number of aliphatic carboxylic acids is 1. The van der Waals surface area contributed by atoms with Gasteiger partial charge >= 0.3 is 5.97 Å². The predicted octanol–water partition coefficient (Wildman–Crippen LogP) is 0.555. The van der Waals surface area contributed by atoms with E-state index in [-0.39, 0.29) is 11.9 Å². The van der Waals surface area contributed by atoms with Gasteiger partial charge in [0.1, 0.15) is 6.10 Å². The number of hydrogen-bond donors (Lipinski definition) is 1. The van der Waals surface area contributed by atoms with E-state index in [1.807, 2.05) is 36.4 Å². The minimum Gasteiger partial charge on any atom is -0.475 e. The Morgan fingerprint density at radius 1 is 1.18 bits per heavy atom. The fourth-order valence-electron chi connectivity index (χ4n) is 2.03. The number of benzene rings is 1. The summed E-state index contributed by atoms with van der Waals surface area (Å²) in [6, 6.07) is 7.95. The second-order valence-electron chi connectivity index (χ2n) is 3.98. The van der Waals surface area contributed by atoms with E-state index < -0.39 is 5.97 Å². The van der Waals surface area contributed by atoms with Crippen molar-refractivity contribution in [2.75, 3.05) is 0 Å². The van der Waals surface area contributed by atoms with Crippen molar-refractivity contribution in [2.45, 2.75) is 6.10 Å². The molecular formula is C14H10O3. The number of hydrogen-bond acceptors (Lipinski definition) is 2. The molecule has 0 fully saturated rings. The molecule has 1 heterocycles. The summed E-state index contributed by atoms with van der Waals surface area (Å²) in [4.78, 5) is 10.8. The van der Waals surface area contributed by atoms with Crippen LogP contribution in [0, 0.1) is 0 Å². The Morgan fingerprint density at radius 3 is 2.71 bits per heavy atom. The van der Waals surface area contributed by atoms with Crippen LogP contribution < -0.4 is 10.4 Å². The molecule has 0 aromatic heterocycles. The fraction of sp³-hybridized carbons (Fsp3) is 0.0714. The summed E-state index contributed by atoms with van der Waals surface area (Å²) in [6.45, 7) is 0. The van der Waals surface area contributed by atoms with E-state index in [1.54, 1.807) is 6.08 Å². The molecule has 3 rings (SSSR count). The highest BCUT2D eigenvalue weighted by atomic mass is 16.5. The summed E-state index contributed by atoms with van der Waals surface area (Å²) >= 11 is 0. The van der Waals surface area contributed by atoms with Crippen molar-refractivity contribution in [3.05, 3.63) is 58.2 Å². The van der Waals surface area contributed by atoms with Crippen LogP contribution in [0.15, 0.2) is 47.7 Å². The molecule has 0 saturated carbocycles. The zero-order valence-corrected chi connectivity index (χ0v) is 8.96. The van der Waals surface area contributed by atoms with Gasteiger partial charge in [-0.2, -0.15) is 0 Å². The lowest BCUT2D eigenvalue weighted by molar-refractivity contribution is -0.136. The molecule has 2 aliphatic rings. The second-order valence-corrected chi connectivity index (χ2v) is 3.98. The lowest BCUT2D eigenvalue weighted by Gasteiger charge is -2.22. The number of carbonyl (C=O) groups is 1. The third kappa shape index (κ3) is 1.65. The molecule has 84 valence electrons. The van der Waals surface area contributed by atoms with Crippen LogP contribution in [0.3, 0.4) is 0 Å². The molecule has 0 radical (unpaired) electrons. The maximum atomic E-state index is 10.8. The van der Waals surface area contributed by atoms with Gasteiger partial charge in [-0.15, -0.1) is 0 Å². The monoisotopic (exact) mass is 226 g/mol. The van der Waals surface area contributed by atoms with Gasteiger partial charge < -0.3 is 9.84 Å². The van der Waals surface area contributed by atoms with Crippen molar-refractivity contribution in [2.24, 2.45) is 0 Å². The van der Waals surface area contributed by atoms with Gasteiger partial charge in [-0.25, -0.2) is 4.79 Å². The molecule has 0 amide bonds. The smallest absolute Gasteiger partial charge is 0.371 e. The first kappa shape index (κ1) is 9.90. The lowest BCUT2D eigenvalue weighted by Crippen LogP contribution is -2.33. The van der Waals surface area contributed by atoms with E-state index in [9.17, 15) is 4.79 Å². The highest BCUT2D eigenvalue weighted by Crippen LogP contribution is 2.21.